The number of nitro groups is 1. The fourth-order valence-corrected chi connectivity index (χ4v) is 2.63. The number of aromatic nitrogens is 2. The number of nitrogens with zero attached hydrogens (tertiary/aromatic N) is 5. The molecule has 108 valence electrons. The topological polar surface area (TPSA) is 75.4 Å². The molecule has 2 aromatic rings. The molecule has 0 fully saturated rings. The Morgan fingerprint density at radius 2 is 1.95 bits per heavy atom. The highest BCUT2D eigenvalue weighted by molar-refractivity contribution is 6.31. The number of rotatable bonds is 2. The van der Waals surface area contributed by atoms with Crippen molar-refractivity contribution in [3.05, 3.63) is 45.9 Å². The van der Waals surface area contributed by atoms with Crippen LogP contribution in [0.15, 0.2) is 30.6 Å². The molecular formula is C13H12ClN5O2. The molecule has 0 saturated carbocycles. The predicted octanol–water partition coefficient (Wildman–Crippen LogP) is 2.63. The SMILES string of the molecule is CN1CCN(c2ncnc(Cl)c2[N+](=O)[O-])c2ccccc21. The van der Waals surface area contributed by atoms with Gasteiger partial charge in [0.2, 0.25) is 11.0 Å². The van der Waals surface area contributed by atoms with Crippen molar-refractivity contribution in [2.45, 2.75) is 0 Å². The molecule has 1 aromatic heterocycles. The summed E-state index contributed by atoms with van der Waals surface area (Å²) in [5.74, 6) is 0.223. The van der Waals surface area contributed by atoms with Crippen molar-refractivity contribution in [1.29, 1.82) is 0 Å². The maximum atomic E-state index is 11.3. The van der Waals surface area contributed by atoms with Gasteiger partial charge in [-0.2, -0.15) is 0 Å². The van der Waals surface area contributed by atoms with Gasteiger partial charge in [0.1, 0.15) is 6.33 Å². The molecule has 2 heterocycles. The molecule has 0 amide bonds. The first-order chi connectivity index (χ1) is 10.1. The Hall–Kier alpha value is -2.41. The Labute approximate surface area is 125 Å². The third kappa shape index (κ3) is 2.25. The third-order valence-electron chi connectivity index (χ3n) is 3.44. The summed E-state index contributed by atoms with van der Waals surface area (Å²) in [6.45, 7) is 1.32. The largest absolute Gasteiger partial charge is 0.371 e. The van der Waals surface area contributed by atoms with Gasteiger partial charge in [-0.1, -0.05) is 23.7 Å². The van der Waals surface area contributed by atoms with Gasteiger partial charge >= 0.3 is 5.69 Å². The van der Waals surface area contributed by atoms with E-state index < -0.39 is 4.92 Å². The van der Waals surface area contributed by atoms with Crippen LogP contribution in [0.2, 0.25) is 5.15 Å². The van der Waals surface area contributed by atoms with E-state index in [1.54, 1.807) is 4.90 Å². The number of likely N-dealkylation sites (N-methyl/N-ethyl adjacent to an activating group) is 1. The number of anilines is 3. The summed E-state index contributed by atoms with van der Waals surface area (Å²) in [5.41, 5.74) is 1.59. The van der Waals surface area contributed by atoms with Gasteiger partial charge < -0.3 is 9.80 Å². The van der Waals surface area contributed by atoms with Crippen molar-refractivity contribution in [1.82, 2.24) is 9.97 Å². The van der Waals surface area contributed by atoms with E-state index in [2.05, 4.69) is 14.9 Å². The molecule has 0 N–H and O–H groups in total. The van der Waals surface area contributed by atoms with E-state index in [4.69, 9.17) is 11.6 Å². The molecule has 0 bridgehead atoms. The standard InChI is InChI=1S/C13H12ClN5O2/c1-17-6-7-18(10-5-3-2-4-9(10)17)13-11(19(20)21)12(14)15-8-16-13/h2-5,8H,6-7H2,1H3. The van der Waals surface area contributed by atoms with Gasteiger partial charge in [-0.15, -0.1) is 0 Å². The normalized spacial score (nSPS) is 14.0. The molecule has 3 rings (SSSR count). The Bertz CT molecular complexity index is 709. The molecule has 8 heteroatoms. The van der Waals surface area contributed by atoms with Crippen molar-refractivity contribution < 1.29 is 4.92 Å². The van der Waals surface area contributed by atoms with Gasteiger partial charge in [0.05, 0.1) is 16.3 Å². The highest BCUT2D eigenvalue weighted by Crippen LogP contribution is 2.40. The lowest BCUT2D eigenvalue weighted by atomic mass is 10.1. The van der Waals surface area contributed by atoms with Crippen LogP contribution >= 0.6 is 11.6 Å². The fourth-order valence-electron chi connectivity index (χ4n) is 2.43. The summed E-state index contributed by atoms with van der Waals surface area (Å²) >= 11 is 5.87. The summed E-state index contributed by atoms with van der Waals surface area (Å²) in [4.78, 5) is 22.4. The van der Waals surface area contributed by atoms with Crippen molar-refractivity contribution in [2.24, 2.45) is 0 Å². The van der Waals surface area contributed by atoms with Crippen molar-refractivity contribution in [2.75, 3.05) is 29.9 Å². The molecular weight excluding hydrogens is 294 g/mol. The van der Waals surface area contributed by atoms with E-state index in [-0.39, 0.29) is 16.7 Å². The Balaban J connectivity index is 2.17. The van der Waals surface area contributed by atoms with E-state index in [9.17, 15) is 10.1 Å². The molecule has 0 saturated heterocycles. The zero-order valence-electron chi connectivity index (χ0n) is 11.2. The zero-order valence-corrected chi connectivity index (χ0v) is 12.0. The quantitative estimate of drug-likeness (QED) is 0.482. The van der Waals surface area contributed by atoms with Crippen molar-refractivity contribution >= 4 is 34.5 Å². The first kappa shape index (κ1) is 13.6. The molecule has 0 aliphatic carbocycles. The zero-order chi connectivity index (χ0) is 15.0. The number of para-hydroxylation sites is 2. The second-order valence-corrected chi connectivity index (χ2v) is 5.01. The predicted molar refractivity (Wildman–Crippen MR) is 80.4 cm³/mol. The second-order valence-electron chi connectivity index (χ2n) is 4.66. The Morgan fingerprint density at radius 3 is 2.67 bits per heavy atom. The van der Waals surface area contributed by atoms with Crippen LogP contribution in [-0.2, 0) is 0 Å². The van der Waals surface area contributed by atoms with Gasteiger partial charge in [-0.05, 0) is 12.1 Å². The molecule has 7 nitrogen and oxygen atoms in total. The molecule has 1 aliphatic heterocycles. The summed E-state index contributed by atoms with van der Waals surface area (Å²) in [5, 5.41) is 11.1. The highest BCUT2D eigenvalue weighted by atomic mass is 35.5. The smallest absolute Gasteiger partial charge is 0.348 e. The average molecular weight is 306 g/mol. The molecule has 21 heavy (non-hydrogen) atoms. The third-order valence-corrected chi connectivity index (χ3v) is 3.72. The Morgan fingerprint density at radius 1 is 1.24 bits per heavy atom. The minimum absolute atomic E-state index is 0.151. The molecule has 0 radical (unpaired) electrons. The van der Waals surface area contributed by atoms with E-state index in [0.29, 0.717) is 6.54 Å². The summed E-state index contributed by atoms with van der Waals surface area (Å²) in [6, 6.07) is 7.70. The van der Waals surface area contributed by atoms with Crippen LogP contribution in [0, 0.1) is 10.1 Å². The number of hydrogen-bond acceptors (Lipinski definition) is 6. The first-order valence-corrected chi connectivity index (χ1v) is 6.70. The van der Waals surface area contributed by atoms with E-state index in [1.165, 1.54) is 6.33 Å². The second kappa shape index (κ2) is 5.17. The molecule has 1 aliphatic rings. The van der Waals surface area contributed by atoms with Gasteiger partial charge in [-0.25, -0.2) is 9.97 Å². The van der Waals surface area contributed by atoms with Crippen molar-refractivity contribution in [3.63, 3.8) is 0 Å². The summed E-state index contributed by atoms with van der Waals surface area (Å²) in [6.07, 6.45) is 1.24. The van der Waals surface area contributed by atoms with Gasteiger partial charge in [0, 0.05) is 20.1 Å². The van der Waals surface area contributed by atoms with Gasteiger partial charge in [0.25, 0.3) is 0 Å². The summed E-state index contributed by atoms with van der Waals surface area (Å²) in [7, 11) is 1.98. The number of fused-ring (bicyclic) bond motifs is 1. The van der Waals surface area contributed by atoms with Crippen LogP contribution in [0.5, 0.6) is 0 Å². The minimum Gasteiger partial charge on any atom is -0.371 e. The number of hydrogen-bond donors (Lipinski definition) is 0. The lowest BCUT2D eigenvalue weighted by molar-refractivity contribution is -0.384. The van der Waals surface area contributed by atoms with E-state index in [1.807, 2.05) is 31.3 Å². The maximum absolute atomic E-state index is 11.3. The number of benzene rings is 1. The molecule has 0 spiro atoms. The van der Waals surface area contributed by atoms with Gasteiger partial charge in [0.15, 0.2) is 0 Å². The highest BCUT2D eigenvalue weighted by Gasteiger charge is 2.30. The fraction of sp³-hybridized carbons (Fsp3) is 0.231. The van der Waals surface area contributed by atoms with Crippen LogP contribution in [-0.4, -0.2) is 35.0 Å². The Kier molecular flexibility index (Phi) is 3.34. The lowest BCUT2D eigenvalue weighted by Crippen LogP contribution is -2.37. The number of halogens is 1. The molecule has 0 unspecified atom stereocenters. The average Bonchev–Trinajstić information content (AvgIpc) is 2.47. The lowest BCUT2D eigenvalue weighted by Gasteiger charge is -2.35. The minimum atomic E-state index is -0.543. The van der Waals surface area contributed by atoms with E-state index in [0.717, 1.165) is 17.9 Å². The van der Waals surface area contributed by atoms with E-state index >= 15 is 0 Å². The van der Waals surface area contributed by atoms with Crippen LogP contribution in [0.1, 0.15) is 0 Å². The van der Waals surface area contributed by atoms with Crippen LogP contribution in [0.4, 0.5) is 22.9 Å². The van der Waals surface area contributed by atoms with Gasteiger partial charge in [-0.3, -0.25) is 10.1 Å². The maximum Gasteiger partial charge on any atom is 0.348 e. The monoisotopic (exact) mass is 305 g/mol. The first-order valence-electron chi connectivity index (χ1n) is 6.32. The van der Waals surface area contributed by atoms with Crippen molar-refractivity contribution in [3.8, 4) is 0 Å². The molecule has 1 aromatic carbocycles. The van der Waals surface area contributed by atoms with Crippen LogP contribution in [0.25, 0.3) is 0 Å². The molecule has 0 atom stereocenters. The van der Waals surface area contributed by atoms with Crippen LogP contribution < -0.4 is 9.80 Å². The summed E-state index contributed by atoms with van der Waals surface area (Å²) < 4.78 is 0. The van der Waals surface area contributed by atoms with Crippen LogP contribution in [0.3, 0.4) is 0 Å².